The number of benzene rings is 4. The van der Waals surface area contributed by atoms with Gasteiger partial charge < -0.3 is 19.9 Å². The summed E-state index contributed by atoms with van der Waals surface area (Å²) in [6.07, 6.45) is -0.801. The van der Waals surface area contributed by atoms with E-state index in [0.717, 1.165) is 25.7 Å². The van der Waals surface area contributed by atoms with Gasteiger partial charge in [-0.15, -0.1) is 11.3 Å². The van der Waals surface area contributed by atoms with Crippen molar-refractivity contribution in [3.8, 4) is 5.75 Å². The molecule has 0 bridgehead atoms. The van der Waals surface area contributed by atoms with Crippen LogP contribution in [0.15, 0.2) is 131 Å². The van der Waals surface area contributed by atoms with Crippen molar-refractivity contribution in [1.82, 2.24) is 15.2 Å². The molecule has 6 rings (SSSR count). The molecule has 1 saturated heterocycles. The first kappa shape index (κ1) is 32.2. The van der Waals surface area contributed by atoms with Crippen LogP contribution in [0.1, 0.15) is 24.2 Å². The normalized spacial score (nSPS) is 16.4. The third kappa shape index (κ3) is 7.46. The SMILES string of the molecule is CC(O)=C(C(=O)OC(c1ccccc1)c1ccccc1)N1C(=O)[C@@H](NC(=O)COc2ccccc2)[C@H]1SSc1nc2ccccc2s1. The van der Waals surface area contributed by atoms with E-state index in [-0.39, 0.29) is 12.3 Å². The van der Waals surface area contributed by atoms with Gasteiger partial charge >= 0.3 is 5.97 Å². The number of aliphatic hydroxyl groups excluding tert-OH is 1. The Hall–Kier alpha value is -4.78. The molecule has 0 radical (unpaired) electrons. The number of nitrogens with one attached hydrogen (secondary N) is 1. The quantitative estimate of drug-likeness (QED) is 0.0477. The summed E-state index contributed by atoms with van der Waals surface area (Å²) in [5.74, 6) is -1.85. The van der Waals surface area contributed by atoms with Gasteiger partial charge in [0.05, 0.1) is 10.2 Å². The van der Waals surface area contributed by atoms with E-state index in [0.29, 0.717) is 5.75 Å². The molecule has 5 aromatic rings. The highest BCUT2D eigenvalue weighted by Gasteiger charge is 2.53. The molecule has 0 aliphatic carbocycles. The number of fused-ring (bicyclic) bond motifs is 1. The Kier molecular flexibility index (Phi) is 10.1. The van der Waals surface area contributed by atoms with Gasteiger partial charge in [0, 0.05) is 0 Å². The molecule has 1 aromatic heterocycles. The molecule has 4 aromatic carbocycles. The van der Waals surface area contributed by atoms with Crippen molar-refractivity contribution in [3.05, 3.63) is 138 Å². The van der Waals surface area contributed by atoms with Crippen LogP contribution in [0.4, 0.5) is 0 Å². The van der Waals surface area contributed by atoms with Crippen molar-refractivity contribution in [3.63, 3.8) is 0 Å². The lowest BCUT2D eigenvalue weighted by molar-refractivity contribution is -0.155. The average molecular weight is 684 g/mol. The van der Waals surface area contributed by atoms with E-state index in [1.807, 2.05) is 91.0 Å². The first-order valence-electron chi connectivity index (χ1n) is 14.6. The molecule has 47 heavy (non-hydrogen) atoms. The number of allylic oxidation sites excluding steroid dienone is 1. The summed E-state index contributed by atoms with van der Waals surface area (Å²) in [6.45, 7) is 1.02. The van der Waals surface area contributed by atoms with Gasteiger partial charge in [-0.05, 0) is 53.1 Å². The van der Waals surface area contributed by atoms with Crippen molar-refractivity contribution in [2.75, 3.05) is 6.61 Å². The summed E-state index contributed by atoms with van der Waals surface area (Å²) >= 11 is 1.49. The van der Waals surface area contributed by atoms with Gasteiger partial charge in [0.1, 0.15) is 22.9 Å². The number of hydrogen-bond acceptors (Lipinski definition) is 10. The first-order chi connectivity index (χ1) is 22.9. The van der Waals surface area contributed by atoms with Gasteiger partial charge in [-0.1, -0.05) is 102 Å². The molecule has 2 heterocycles. The molecule has 0 unspecified atom stereocenters. The maximum Gasteiger partial charge on any atom is 0.359 e. The summed E-state index contributed by atoms with van der Waals surface area (Å²) in [7, 11) is 2.56. The minimum atomic E-state index is -1.00. The highest BCUT2D eigenvalue weighted by Crippen LogP contribution is 2.46. The Morgan fingerprint density at radius 3 is 2.13 bits per heavy atom. The van der Waals surface area contributed by atoms with E-state index in [2.05, 4.69) is 10.3 Å². The Morgan fingerprint density at radius 2 is 1.51 bits per heavy atom. The third-order valence-corrected chi connectivity index (χ3v) is 11.2. The summed E-state index contributed by atoms with van der Waals surface area (Å²) < 4.78 is 13.3. The maximum atomic E-state index is 13.9. The molecule has 1 aliphatic rings. The Morgan fingerprint density at radius 1 is 0.915 bits per heavy atom. The molecule has 2 N–H and O–H groups in total. The van der Waals surface area contributed by atoms with Crippen molar-refractivity contribution in [1.29, 1.82) is 0 Å². The van der Waals surface area contributed by atoms with E-state index in [4.69, 9.17) is 9.47 Å². The van der Waals surface area contributed by atoms with Crippen molar-refractivity contribution in [2.45, 2.75) is 28.8 Å². The van der Waals surface area contributed by atoms with Gasteiger partial charge in [0.2, 0.25) is 0 Å². The van der Waals surface area contributed by atoms with Crippen LogP contribution in [0.25, 0.3) is 10.2 Å². The molecule has 2 amide bonds. The van der Waals surface area contributed by atoms with Crippen LogP contribution in [0, 0.1) is 0 Å². The molecule has 0 saturated carbocycles. The second-order valence-electron chi connectivity index (χ2n) is 10.4. The molecule has 238 valence electrons. The zero-order valence-corrected chi connectivity index (χ0v) is 27.5. The number of aliphatic hydroxyl groups is 1. The highest BCUT2D eigenvalue weighted by molar-refractivity contribution is 8.77. The largest absolute Gasteiger partial charge is 0.510 e. The van der Waals surface area contributed by atoms with E-state index in [1.165, 1.54) is 44.7 Å². The number of likely N-dealkylation sites (tertiary alicyclic amines) is 1. The fourth-order valence-electron chi connectivity index (χ4n) is 4.96. The van der Waals surface area contributed by atoms with Crippen LogP contribution >= 0.6 is 32.9 Å². The van der Waals surface area contributed by atoms with Crippen LogP contribution in [-0.2, 0) is 19.1 Å². The second kappa shape index (κ2) is 14.8. The molecular formula is C35H29N3O6S3. The molecule has 1 aliphatic heterocycles. The molecular weight excluding hydrogens is 655 g/mol. The lowest BCUT2D eigenvalue weighted by atomic mass is 10.0. The van der Waals surface area contributed by atoms with Gasteiger partial charge in [-0.25, -0.2) is 9.78 Å². The van der Waals surface area contributed by atoms with Crippen LogP contribution < -0.4 is 10.1 Å². The molecule has 1 fully saturated rings. The number of para-hydroxylation sites is 2. The van der Waals surface area contributed by atoms with E-state index >= 15 is 0 Å². The van der Waals surface area contributed by atoms with Crippen molar-refractivity contribution in [2.24, 2.45) is 0 Å². The smallest absolute Gasteiger partial charge is 0.359 e. The predicted molar refractivity (Wildman–Crippen MR) is 184 cm³/mol. The minimum Gasteiger partial charge on any atom is -0.510 e. The minimum absolute atomic E-state index is 0.305. The van der Waals surface area contributed by atoms with Crippen molar-refractivity contribution < 1.29 is 29.0 Å². The first-order valence-corrected chi connectivity index (χ1v) is 17.6. The predicted octanol–water partition coefficient (Wildman–Crippen LogP) is 6.89. The summed E-state index contributed by atoms with van der Waals surface area (Å²) in [6, 6.07) is 34.0. The number of β-lactam (4-membered cyclic amide) rings is 1. The Balaban J connectivity index is 1.24. The van der Waals surface area contributed by atoms with Gasteiger partial charge in [0.15, 0.2) is 22.7 Å². The van der Waals surface area contributed by atoms with E-state index < -0.39 is 41.1 Å². The fourth-order valence-corrected chi connectivity index (χ4v) is 8.87. The maximum absolute atomic E-state index is 13.9. The van der Waals surface area contributed by atoms with E-state index in [9.17, 15) is 19.5 Å². The zero-order valence-electron chi connectivity index (χ0n) is 25.0. The Labute approximate surface area is 283 Å². The summed E-state index contributed by atoms with van der Waals surface area (Å²) in [4.78, 5) is 46.3. The van der Waals surface area contributed by atoms with Gasteiger partial charge in [0.25, 0.3) is 11.8 Å². The number of carbonyl (C=O) groups is 3. The molecule has 2 atom stereocenters. The zero-order chi connectivity index (χ0) is 32.8. The third-order valence-electron chi connectivity index (χ3n) is 7.17. The fraction of sp³-hybridized carbons (Fsp3) is 0.143. The highest BCUT2D eigenvalue weighted by atomic mass is 33.1. The molecule has 12 heteroatoms. The standard InChI is InChI=1S/C35H29N3O6S3/c1-22(39)30(34(42)44-31(23-13-5-2-6-14-23)24-15-7-3-8-16-24)38-32(41)29(37-28(40)21-43-25-17-9-4-10-18-25)33(38)46-47-35-36-26-19-11-12-20-27(26)45-35/h2-20,29,31,33,39H,21H2,1H3,(H,37,40)/t29-,33-/m1/s1. The van der Waals surface area contributed by atoms with Crippen LogP contribution in [-0.4, -0.2) is 50.8 Å². The van der Waals surface area contributed by atoms with E-state index in [1.54, 1.807) is 24.3 Å². The number of hydrogen-bond donors (Lipinski definition) is 2. The monoisotopic (exact) mass is 683 g/mol. The average Bonchev–Trinajstić information content (AvgIpc) is 3.52. The number of thiazole rings is 1. The van der Waals surface area contributed by atoms with Crippen LogP contribution in [0.2, 0.25) is 0 Å². The van der Waals surface area contributed by atoms with Gasteiger partial charge in [-0.2, -0.15) is 0 Å². The number of ether oxygens (including phenoxy) is 2. The van der Waals surface area contributed by atoms with Crippen molar-refractivity contribution >= 4 is 60.9 Å². The summed E-state index contributed by atoms with van der Waals surface area (Å²) in [5.41, 5.74) is 1.98. The molecule has 0 spiro atoms. The van der Waals surface area contributed by atoms with Crippen LogP contribution in [0.3, 0.4) is 0 Å². The number of aromatic nitrogens is 1. The lowest BCUT2D eigenvalue weighted by Crippen LogP contribution is -2.69. The number of amides is 2. The lowest BCUT2D eigenvalue weighted by Gasteiger charge is -2.46. The van der Waals surface area contributed by atoms with Gasteiger partial charge in [-0.3, -0.25) is 14.5 Å². The second-order valence-corrected chi connectivity index (χ2v) is 14.0. The number of carbonyl (C=O) groups excluding carboxylic acids is 3. The number of nitrogens with zero attached hydrogens (tertiary/aromatic N) is 2. The molecule has 9 nitrogen and oxygen atoms in total. The topological polar surface area (TPSA) is 118 Å². The number of rotatable bonds is 12. The summed E-state index contributed by atoms with van der Waals surface area (Å²) in [5, 5.41) is 12.8. The number of esters is 1. The Bertz CT molecular complexity index is 1830. The van der Waals surface area contributed by atoms with Crippen LogP contribution in [0.5, 0.6) is 5.75 Å².